The van der Waals surface area contributed by atoms with Crippen molar-refractivity contribution in [2.75, 3.05) is 12.3 Å². The summed E-state index contributed by atoms with van der Waals surface area (Å²) >= 11 is 1.66. The Labute approximate surface area is 144 Å². The molecule has 0 saturated heterocycles. The fourth-order valence-electron chi connectivity index (χ4n) is 2.00. The number of nitro benzene ring substituents is 1. The Kier molecular flexibility index (Phi) is 6.57. The molecule has 6 heteroatoms. The fraction of sp³-hybridized carbons (Fsp3) is 0.167. The van der Waals surface area contributed by atoms with Gasteiger partial charge in [-0.15, -0.1) is 11.8 Å². The van der Waals surface area contributed by atoms with E-state index in [9.17, 15) is 14.9 Å². The summed E-state index contributed by atoms with van der Waals surface area (Å²) in [6.07, 6.45) is 2.78. The molecular formula is C18H18N2O3S. The third-order valence-corrected chi connectivity index (χ3v) is 4.25. The number of para-hydroxylation sites is 1. The number of nitrogens with zero attached hydrogens (tertiary/aromatic N) is 1. The minimum absolute atomic E-state index is 0.0172. The summed E-state index contributed by atoms with van der Waals surface area (Å²) in [6, 6.07) is 14.5. The lowest BCUT2D eigenvalue weighted by Crippen LogP contribution is -2.23. The molecule has 0 aromatic heterocycles. The molecule has 1 amide bonds. The smallest absolute Gasteiger partial charge is 0.276 e. The van der Waals surface area contributed by atoms with E-state index < -0.39 is 4.92 Å². The highest BCUT2D eigenvalue weighted by Gasteiger charge is 2.09. The average molecular weight is 342 g/mol. The minimum atomic E-state index is -0.463. The van der Waals surface area contributed by atoms with E-state index in [0.717, 1.165) is 10.6 Å². The number of amides is 1. The summed E-state index contributed by atoms with van der Waals surface area (Å²) < 4.78 is 0. The van der Waals surface area contributed by atoms with Gasteiger partial charge in [-0.1, -0.05) is 29.8 Å². The SMILES string of the molecule is Cc1ccc(SCCNC(=O)/C=C/c2ccccc2[N+](=O)[O-])cc1. The molecule has 0 radical (unpaired) electrons. The van der Waals surface area contributed by atoms with Gasteiger partial charge in [-0.3, -0.25) is 14.9 Å². The van der Waals surface area contributed by atoms with Crippen molar-refractivity contribution >= 4 is 29.4 Å². The van der Waals surface area contributed by atoms with Crippen LogP contribution in [0.15, 0.2) is 59.5 Å². The number of nitrogens with one attached hydrogen (secondary N) is 1. The molecule has 5 nitrogen and oxygen atoms in total. The van der Waals surface area contributed by atoms with Crippen molar-refractivity contribution in [3.8, 4) is 0 Å². The van der Waals surface area contributed by atoms with Crippen LogP contribution in [0.2, 0.25) is 0 Å². The van der Waals surface area contributed by atoms with Crippen molar-refractivity contribution in [2.45, 2.75) is 11.8 Å². The number of aryl methyl sites for hydroxylation is 1. The lowest BCUT2D eigenvalue weighted by atomic mass is 10.1. The molecule has 0 atom stereocenters. The first-order chi connectivity index (χ1) is 11.6. The standard InChI is InChI=1S/C18H18N2O3S/c1-14-6-9-16(10-7-14)24-13-12-19-18(21)11-8-15-4-2-3-5-17(15)20(22)23/h2-11H,12-13H2,1H3,(H,19,21)/b11-8+. The molecule has 124 valence electrons. The van der Waals surface area contributed by atoms with Gasteiger partial charge in [0.25, 0.3) is 5.69 Å². The van der Waals surface area contributed by atoms with Crippen LogP contribution in [-0.2, 0) is 4.79 Å². The molecule has 0 bridgehead atoms. The highest BCUT2D eigenvalue weighted by atomic mass is 32.2. The molecule has 24 heavy (non-hydrogen) atoms. The Morgan fingerprint density at radius 3 is 2.62 bits per heavy atom. The molecule has 0 spiro atoms. The highest BCUT2D eigenvalue weighted by molar-refractivity contribution is 7.99. The van der Waals surface area contributed by atoms with Gasteiger partial charge < -0.3 is 5.32 Å². The van der Waals surface area contributed by atoms with E-state index in [-0.39, 0.29) is 11.6 Å². The molecular weight excluding hydrogens is 324 g/mol. The predicted molar refractivity (Wildman–Crippen MR) is 97.0 cm³/mol. The molecule has 0 fully saturated rings. The summed E-state index contributed by atoms with van der Waals surface area (Å²) in [7, 11) is 0. The van der Waals surface area contributed by atoms with Crippen molar-refractivity contribution in [3.63, 3.8) is 0 Å². The Bertz CT molecular complexity index is 742. The van der Waals surface area contributed by atoms with Gasteiger partial charge in [-0.05, 0) is 31.2 Å². The second-order valence-corrected chi connectivity index (χ2v) is 6.27. The van der Waals surface area contributed by atoms with Crippen LogP contribution in [0.3, 0.4) is 0 Å². The lowest BCUT2D eigenvalue weighted by molar-refractivity contribution is -0.385. The molecule has 0 aliphatic rings. The van der Waals surface area contributed by atoms with E-state index in [1.54, 1.807) is 30.0 Å². The number of benzene rings is 2. The molecule has 0 aliphatic heterocycles. The molecule has 0 unspecified atom stereocenters. The van der Waals surface area contributed by atoms with Gasteiger partial charge in [-0.2, -0.15) is 0 Å². The summed E-state index contributed by atoms with van der Waals surface area (Å²) in [4.78, 5) is 23.4. The van der Waals surface area contributed by atoms with Gasteiger partial charge in [0.05, 0.1) is 10.5 Å². The van der Waals surface area contributed by atoms with Crippen molar-refractivity contribution < 1.29 is 9.72 Å². The number of thioether (sulfide) groups is 1. The quantitative estimate of drug-likeness (QED) is 0.273. The topological polar surface area (TPSA) is 72.2 Å². The first-order valence-corrected chi connectivity index (χ1v) is 8.43. The highest BCUT2D eigenvalue weighted by Crippen LogP contribution is 2.19. The van der Waals surface area contributed by atoms with Crippen LogP contribution in [0, 0.1) is 17.0 Å². The number of hydrogen-bond donors (Lipinski definition) is 1. The molecule has 0 aliphatic carbocycles. The van der Waals surface area contributed by atoms with E-state index in [4.69, 9.17) is 0 Å². The Morgan fingerprint density at radius 1 is 1.21 bits per heavy atom. The Hall–Kier alpha value is -2.60. The maximum Gasteiger partial charge on any atom is 0.276 e. The van der Waals surface area contributed by atoms with E-state index in [0.29, 0.717) is 12.1 Å². The van der Waals surface area contributed by atoms with E-state index in [1.807, 2.05) is 6.92 Å². The van der Waals surface area contributed by atoms with Gasteiger partial charge in [0.2, 0.25) is 5.91 Å². The molecule has 0 saturated carbocycles. The summed E-state index contributed by atoms with van der Waals surface area (Å²) in [5, 5.41) is 13.7. The Balaban J connectivity index is 1.79. The number of nitro groups is 1. The summed E-state index contributed by atoms with van der Waals surface area (Å²) in [5.74, 6) is 0.492. The van der Waals surface area contributed by atoms with Crippen molar-refractivity contribution in [2.24, 2.45) is 0 Å². The van der Waals surface area contributed by atoms with Gasteiger partial charge >= 0.3 is 0 Å². The number of hydrogen-bond acceptors (Lipinski definition) is 4. The molecule has 0 heterocycles. The first-order valence-electron chi connectivity index (χ1n) is 7.45. The minimum Gasteiger partial charge on any atom is -0.352 e. The second kappa shape index (κ2) is 8.88. The summed E-state index contributed by atoms with van der Waals surface area (Å²) in [5.41, 5.74) is 1.61. The van der Waals surface area contributed by atoms with Crippen LogP contribution in [-0.4, -0.2) is 23.1 Å². The van der Waals surface area contributed by atoms with Crippen LogP contribution in [0.5, 0.6) is 0 Å². The van der Waals surface area contributed by atoms with E-state index in [1.165, 1.54) is 23.8 Å². The van der Waals surface area contributed by atoms with Crippen LogP contribution in [0.1, 0.15) is 11.1 Å². The predicted octanol–water partition coefficient (Wildman–Crippen LogP) is 3.82. The molecule has 1 N–H and O–H groups in total. The lowest BCUT2D eigenvalue weighted by Gasteiger charge is -2.03. The maximum absolute atomic E-state index is 11.8. The zero-order valence-electron chi connectivity index (χ0n) is 13.3. The second-order valence-electron chi connectivity index (χ2n) is 5.10. The van der Waals surface area contributed by atoms with Crippen LogP contribution < -0.4 is 5.32 Å². The largest absolute Gasteiger partial charge is 0.352 e. The zero-order valence-corrected chi connectivity index (χ0v) is 14.1. The fourth-order valence-corrected chi connectivity index (χ4v) is 2.77. The van der Waals surface area contributed by atoms with Gasteiger partial charge in [-0.25, -0.2) is 0 Å². The molecule has 2 rings (SSSR count). The third-order valence-electron chi connectivity index (χ3n) is 3.24. The van der Waals surface area contributed by atoms with Crippen LogP contribution in [0.4, 0.5) is 5.69 Å². The third kappa shape index (κ3) is 5.55. The summed E-state index contributed by atoms with van der Waals surface area (Å²) in [6.45, 7) is 2.57. The van der Waals surface area contributed by atoms with Crippen molar-refractivity contribution in [1.82, 2.24) is 5.32 Å². The van der Waals surface area contributed by atoms with Crippen molar-refractivity contribution in [1.29, 1.82) is 0 Å². The average Bonchev–Trinajstić information content (AvgIpc) is 2.58. The molecule has 2 aromatic carbocycles. The van der Waals surface area contributed by atoms with Crippen LogP contribution >= 0.6 is 11.8 Å². The number of carbonyl (C=O) groups is 1. The van der Waals surface area contributed by atoms with Gasteiger partial charge in [0, 0.05) is 29.3 Å². The number of rotatable bonds is 7. The van der Waals surface area contributed by atoms with Gasteiger partial charge in [0.1, 0.15) is 0 Å². The van der Waals surface area contributed by atoms with Gasteiger partial charge in [0.15, 0.2) is 0 Å². The number of carbonyl (C=O) groups excluding carboxylic acids is 1. The normalized spacial score (nSPS) is 10.7. The van der Waals surface area contributed by atoms with E-state index in [2.05, 4.69) is 29.6 Å². The van der Waals surface area contributed by atoms with E-state index >= 15 is 0 Å². The van der Waals surface area contributed by atoms with Crippen LogP contribution in [0.25, 0.3) is 6.08 Å². The Morgan fingerprint density at radius 2 is 1.92 bits per heavy atom. The first kappa shape index (κ1) is 17.7. The monoisotopic (exact) mass is 342 g/mol. The molecule has 2 aromatic rings. The van der Waals surface area contributed by atoms with Crippen molar-refractivity contribution in [3.05, 3.63) is 75.8 Å². The maximum atomic E-state index is 11.8. The zero-order chi connectivity index (χ0) is 17.4.